The minimum Gasteiger partial charge on any atom is -0.483 e. The van der Waals surface area contributed by atoms with E-state index >= 15 is 0 Å². The van der Waals surface area contributed by atoms with Crippen LogP contribution in [0.3, 0.4) is 0 Å². The van der Waals surface area contributed by atoms with E-state index in [1.165, 1.54) is 0 Å². The Balaban J connectivity index is 1.83. The minimum atomic E-state index is -0.321. The largest absolute Gasteiger partial charge is 0.483 e. The van der Waals surface area contributed by atoms with Gasteiger partial charge in [-0.3, -0.25) is 9.78 Å². The van der Waals surface area contributed by atoms with Crippen LogP contribution in [-0.4, -0.2) is 23.7 Å². The first-order chi connectivity index (χ1) is 10.8. The van der Waals surface area contributed by atoms with Gasteiger partial charge in [-0.2, -0.15) is 5.10 Å². The van der Waals surface area contributed by atoms with Crippen LogP contribution >= 0.6 is 0 Å². The summed E-state index contributed by atoms with van der Waals surface area (Å²) in [5.74, 6) is 0.356. The Labute approximate surface area is 129 Å². The third-order valence-electron chi connectivity index (χ3n) is 2.80. The molecule has 0 aliphatic rings. The third kappa shape index (κ3) is 4.86. The molecule has 0 atom stereocenters. The van der Waals surface area contributed by atoms with E-state index in [1.54, 1.807) is 36.8 Å². The average molecular weight is 295 g/mol. The number of hydrazone groups is 1. The Morgan fingerprint density at radius 1 is 1.27 bits per heavy atom. The molecule has 0 radical (unpaired) electrons. The number of hydrogen-bond acceptors (Lipinski definition) is 4. The number of carbonyl (C=O) groups is 1. The number of para-hydroxylation sites is 1. The summed E-state index contributed by atoms with van der Waals surface area (Å²) in [4.78, 5) is 15.6. The van der Waals surface area contributed by atoms with Crippen LogP contribution in [0, 0.1) is 0 Å². The lowest BCUT2D eigenvalue weighted by Gasteiger charge is -2.09. The number of allylic oxidation sites excluding steroid dienone is 1. The molecule has 0 saturated carbocycles. The second-order valence-electron chi connectivity index (χ2n) is 4.46. The van der Waals surface area contributed by atoms with Crippen LogP contribution in [0.1, 0.15) is 11.1 Å². The van der Waals surface area contributed by atoms with Crippen molar-refractivity contribution in [2.45, 2.75) is 6.42 Å². The van der Waals surface area contributed by atoms with E-state index in [2.05, 4.69) is 22.1 Å². The Bertz CT molecular complexity index is 654. The van der Waals surface area contributed by atoms with Gasteiger partial charge in [-0.25, -0.2) is 5.43 Å². The smallest absolute Gasteiger partial charge is 0.277 e. The molecule has 0 aliphatic heterocycles. The Kier molecular flexibility index (Phi) is 5.87. The summed E-state index contributed by atoms with van der Waals surface area (Å²) in [7, 11) is 0. The highest BCUT2D eigenvalue weighted by atomic mass is 16.5. The van der Waals surface area contributed by atoms with Gasteiger partial charge in [0.2, 0.25) is 0 Å². The van der Waals surface area contributed by atoms with Crippen LogP contribution in [0.2, 0.25) is 0 Å². The van der Waals surface area contributed by atoms with Crippen molar-refractivity contribution in [2.24, 2.45) is 5.10 Å². The van der Waals surface area contributed by atoms with E-state index in [0.29, 0.717) is 12.2 Å². The van der Waals surface area contributed by atoms with E-state index in [1.807, 2.05) is 24.3 Å². The first kappa shape index (κ1) is 15.4. The molecule has 112 valence electrons. The number of nitrogens with one attached hydrogen (secondary N) is 1. The summed E-state index contributed by atoms with van der Waals surface area (Å²) in [5.41, 5.74) is 4.26. The molecule has 1 aromatic heterocycles. The summed E-state index contributed by atoms with van der Waals surface area (Å²) in [5, 5.41) is 3.86. The topological polar surface area (TPSA) is 63.6 Å². The molecule has 0 spiro atoms. The predicted octanol–water partition coefficient (Wildman–Crippen LogP) is 2.34. The van der Waals surface area contributed by atoms with E-state index in [-0.39, 0.29) is 12.5 Å². The van der Waals surface area contributed by atoms with Crippen molar-refractivity contribution in [2.75, 3.05) is 6.61 Å². The van der Waals surface area contributed by atoms with E-state index in [4.69, 9.17) is 4.74 Å². The molecule has 0 bridgehead atoms. The Morgan fingerprint density at radius 3 is 2.82 bits per heavy atom. The first-order valence-corrected chi connectivity index (χ1v) is 6.83. The maximum atomic E-state index is 11.7. The highest BCUT2D eigenvalue weighted by Gasteiger charge is 2.04. The van der Waals surface area contributed by atoms with Gasteiger partial charge in [0.15, 0.2) is 6.61 Å². The number of carbonyl (C=O) groups excluding carboxylic acids is 1. The molecule has 5 nitrogen and oxygen atoms in total. The SMILES string of the molecule is C=CCc1ccccc1OCC(=O)N/N=C/c1ccncc1. The van der Waals surface area contributed by atoms with E-state index < -0.39 is 0 Å². The van der Waals surface area contributed by atoms with Crippen molar-refractivity contribution in [1.82, 2.24) is 10.4 Å². The lowest BCUT2D eigenvalue weighted by atomic mass is 10.1. The van der Waals surface area contributed by atoms with E-state index in [9.17, 15) is 4.79 Å². The van der Waals surface area contributed by atoms with Gasteiger partial charge in [-0.15, -0.1) is 6.58 Å². The monoisotopic (exact) mass is 295 g/mol. The van der Waals surface area contributed by atoms with Gasteiger partial charge in [-0.1, -0.05) is 24.3 Å². The highest BCUT2D eigenvalue weighted by Crippen LogP contribution is 2.18. The predicted molar refractivity (Wildman–Crippen MR) is 85.8 cm³/mol. The number of rotatable bonds is 7. The van der Waals surface area contributed by atoms with Gasteiger partial charge in [0.1, 0.15) is 5.75 Å². The molecule has 0 fully saturated rings. The molecule has 2 rings (SSSR count). The number of hydrogen-bond donors (Lipinski definition) is 1. The van der Waals surface area contributed by atoms with Crippen molar-refractivity contribution in [3.05, 3.63) is 72.6 Å². The molecule has 5 heteroatoms. The molecule has 1 amide bonds. The normalized spacial score (nSPS) is 10.4. The summed E-state index contributed by atoms with van der Waals surface area (Å²) in [6.45, 7) is 3.61. The van der Waals surface area contributed by atoms with Crippen LogP contribution in [0.15, 0.2) is 66.5 Å². The molecule has 1 N–H and O–H groups in total. The van der Waals surface area contributed by atoms with Crippen LogP contribution in [0.4, 0.5) is 0 Å². The average Bonchev–Trinajstić information content (AvgIpc) is 2.55. The second kappa shape index (κ2) is 8.36. The number of benzene rings is 1. The van der Waals surface area contributed by atoms with Crippen molar-refractivity contribution >= 4 is 12.1 Å². The van der Waals surface area contributed by atoms with Gasteiger partial charge >= 0.3 is 0 Å². The number of nitrogens with zero attached hydrogens (tertiary/aromatic N) is 2. The number of ether oxygens (including phenoxy) is 1. The van der Waals surface area contributed by atoms with Gasteiger partial charge in [0.25, 0.3) is 5.91 Å². The van der Waals surface area contributed by atoms with Crippen molar-refractivity contribution < 1.29 is 9.53 Å². The lowest BCUT2D eigenvalue weighted by Crippen LogP contribution is -2.24. The summed E-state index contributed by atoms with van der Waals surface area (Å²) in [6.07, 6.45) is 7.34. The van der Waals surface area contributed by atoms with Crippen molar-refractivity contribution in [3.8, 4) is 5.75 Å². The molecule has 1 heterocycles. The molecule has 2 aromatic rings. The van der Waals surface area contributed by atoms with Gasteiger partial charge in [0, 0.05) is 12.4 Å². The molecule has 0 saturated heterocycles. The summed E-state index contributed by atoms with van der Waals surface area (Å²) >= 11 is 0. The fourth-order valence-electron chi connectivity index (χ4n) is 1.77. The number of amides is 1. The fourth-order valence-corrected chi connectivity index (χ4v) is 1.77. The zero-order chi connectivity index (χ0) is 15.6. The van der Waals surface area contributed by atoms with Crippen LogP contribution < -0.4 is 10.2 Å². The highest BCUT2D eigenvalue weighted by molar-refractivity contribution is 5.82. The molecular formula is C17H17N3O2. The minimum absolute atomic E-state index is 0.0954. The van der Waals surface area contributed by atoms with Gasteiger partial charge in [0.05, 0.1) is 6.21 Å². The Morgan fingerprint density at radius 2 is 2.05 bits per heavy atom. The second-order valence-corrected chi connectivity index (χ2v) is 4.46. The molecule has 1 aromatic carbocycles. The van der Waals surface area contributed by atoms with Gasteiger partial charge in [-0.05, 0) is 35.7 Å². The summed E-state index contributed by atoms with van der Waals surface area (Å²) < 4.78 is 5.51. The van der Waals surface area contributed by atoms with Crippen molar-refractivity contribution in [1.29, 1.82) is 0 Å². The molecule has 0 unspecified atom stereocenters. The van der Waals surface area contributed by atoms with Crippen molar-refractivity contribution in [3.63, 3.8) is 0 Å². The Hall–Kier alpha value is -2.95. The first-order valence-electron chi connectivity index (χ1n) is 6.83. The third-order valence-corrected chi connectivity index (χ3v) is 2.80. The fraction of sp³-hybridized carbons (Fsp3) is 0.118. The number of pyridine rings is 1. The number of aromatic nitrogens is 1. The lowest BCUT2D eigenvalue weighted by molar-refractivity contribution is -0.123. The van der Waals surface area contributed by atoms with Crippen LogP contribution in [0.5, 0.6) is 5.75 Å². The maximum Gasteiger partial charge on any atom is 0.277 e. The van der Waals surface area contributed by atoms with Gasteiger partial charge < -0.3 is 4.74 Å². The van der Waals surface area contributed by atoms with Crippen LogP contribution in [0.25, 0.3) is 0 Å². The standard InChI is InChI=1S/C17H17N3O2/c1-2-5-15-6-3-4-7-16(15)22-13-17(21)20-19-12-14-8-10-18-11-9-14/h2-4,6-12H,1,5,13H2,(H,20,21)/b19-12+. The zero-order valence-corrected chi connectivity index (χ0v) is 12.1. The molecule has 22 heavy (non-hydrogen) atoms. The van der Waals surface area contributed by atoms with E-state index in [0.717, 1.165) is 11.1 Å². The zero-order valence-electron chi connectivity index (χ0n) is 12.1. The molecule has 0 aliphatic carbocycles. The van der Waals surface area contributed by atoms with Crippen LogP contribution in [-0.2, 0) is 11.2 Å². The molecular weight excluding hydrogens is 278 g/mol. The summed E-state index contributed by atoms with van der Waals surface area (Å²) in [6, 6.07) is 11.1. The maximum absolute atomic E-state index is 11.7. The quantitative estimate of drug-likeness (QED) is 0.484.